The summed E-state index contributed by atoms with van der Waals surface area (Å²) in [6.07, 6.45) is 0. The van der Waals surface area contributed by atoms with Gasteiger partial charge in [0.05, 0.1) is 65.2 Å². The van der Waals surface area contributed by atoms with Crippen LogP contribution in [0.25, 0.3) is 0 Å². The van der Waals surface area contributed by atoms with Crippen LogP contribution in [0.2, 0.25) is 0 Å². The van der Waals surface area contributed by atoms with Crippen LogP contribution in [0, 0.1) is 0 Å². The van der Waals surface area contributed by atoms with Gasteiger partial charge in [0.1, 0.15) is 0 Å². The Hall–Kier alpha value is -0.290. The van der Waals surface area contributed by atoms with Gasteiger partial charge in [-0.05, 0) is 0 Å². The van der Waals surface area contributed by atoms with Crippen molar-refractivity contribution in [3.05, 3.63) is 0 Å². The van der Waals surface area contributed by atoms with Gasteiger partial charge in [-0.25, -0.2) is 0 Å². The molecule has 0 aromatic rings. The van der Waals surface area contributed by atoms with Crippen LogP contribution in [-0.4, -0.2) is 83.3 Å². The van der Waals surface area contributed by atoms with Crippen molar-refractivity contribution in [2.45, 2.75) is 0 Å². The van der Waals surface area contributed by atoms with Gasteiger partial charge in [-0.3, -0.25) is 4.55 Å². The van der Waals surface area contributed by atoms with Crippen LogP contribution in [0.1, 0.15) is 0 Å². The lowest BCUT2D eigenvalue weighted by molar-refractivity contribution is -0.00429. The van der Waals surface area contributed by atoms with Gasteiger partial charge in [-0.1, -0.05) is 0 Å². The largest absolute Gasteiger partial charge is 0.394 e. The van der Waals surface area contributed by atoms with Crippen molar-refractivity contribution < 1.29 is 37.0 Å². The van der Waals surface area contributed by atoms with Crippen LogP contribution in [0.4, 0.5) is 0 Å². The van der Waals surface area contributed by atoms with E-state index in [0.29, 0.717) is 39.6 Å². The average molecular weight is 302 g/mol. The van der Waals surface area contributed by atoms with Crippen molar-refractivity contribution >= 4 is 10.1 Å². The standard InChI is InChI=1S/C10H22O8S/c11-1-2-15-3-4-16-5-6-17-7-8-18-9-10-19(12,13)14/h11H,1-10H2,(H,12,13,14). The third kappa shape index (κ3) is 17.7. The number of aliphatic hydroxyl groups is 1. The molecule has 0 aliphatic heterocycles. The second-order valence-corrected chi connectivity index (χ2v) is 5.03. The maximum atomic E-state index is 10.3. The Bertz CT molecular complexity index is 279. The number of hydrogen-bond acceptors (Lipinski definition) is 7. The molecule has 2 N–H and O–H groups in total. The topological polar surface area (TPSA) is 112 Å². The molecule has 0 bridgehead atoms. The van der Waals surface area contributed by atoms with Gasteiger partial charge in [0.25, 0.3) is 10.1 Å². The minimum atomic E-state index is -3.95. The van der Waals surface area contributed by atoms with Gasteiger partial charge < -0.3 is 24.1 Å². The van der Waals surface area contributed by atoms with Gasteiger partial charge in [-0.15, -0.1) is 0 Å². The summed E-state index contributed by atoms with van der Waals surface area (Å²) in [7, 11) is -3.95. The fraction of sp³-hybridized carbons (Fsp3) is 1.00. The number of hydrogen-bond donors (Lipinski definition) is 2. The second-order valence-electron chi connectivity index (χ2n) is 3.46. The SMILES string of the molecule is O=S(=O)(O)CCOCCOCCOCCOCCO. The normalized spacial score (nSPS) is 11.9. The molecule has 0 spiro atoms. The molecule has 0 aliphatic carbocycles. The maximum Gasteiger partial charge on any atom is 0.267 e. The summed E-state index contributed by atoms with van der Waals surface area (Å²) >= 11 is 0. The highest BCUT2D eigenvalue weighted by Crippen LogP contribution is 1.85. The zero-order chi connectivity index (χ0) is 14.4. The molecule has 19 heavy (non-hydrogen) atoms. The number of ether oxygens (including phenoxy) is 4. The molecule has 0 unspecified atom stereocenters. The first-order valence-electron chi connectivity index (χ1n) is 5.93. The Kier molecular flexibility index (Phi) is 12.5. The lowest BCUT2D eigenvalue weighted by Gasteiger charge is -2.06. The molecule has 8 nitrogen and oxygen atoms in total. The third-order valence-electron chi connectivity index (χ3n) is 1.84. The molecule has 116 valence electrons. The minimum Gasteiger partial charge on any atom is -0.394 e. The number of rotatable bonds is 14. The summed E-state index contributed by atoms with van der Waals surface area (Å²) in [5.41, 5.74) is 0. The molecule has 0 radical (unpaired) electrons. The third-order valence-corrected chi connectivity index (χ3v) is 2.52. The molecule has 0 aromatic carbocycles. The van der Waals surface area contributed by atoms with Crippen LogP contribution in [-0.2, 0) is 29.1 Å². The molecule has 0 amide bonds. The van der Waals surface area contributed by atoms with Gasteiger partial charge in [0.2, 0.25) is 0 Å². The summed E-state index contributed by atoms with van der Waals surface area (Å²) in [6, 6.07) is 0. The summed E-state index contributed by atoms with van der Waals surface area (Å²) < 4.78 is 49.3. The summed E-state index contributed by atoms with van der Waals surface area (Å²) in [5.74, 6) is -0.413. The van der Waals surface area contributed by atoms with E-state index in [9.17, 15) is 8.42 Å². The molecular formula is C10H22O8S. The van der Waals surface area contributed by atoms with Crippen molar-refractivity contribution in [2.75, 3.05) is 65.2 Å². The summed E-state index contributed by atoms with van der Waals surface area (Å²) in [4.78, 5) is 0. The zero-order valence-corrected chi connectivity index (χ0v) is 11.6. The van der Waals surface area contributed by atoms with Gasteiger partial charge in [0.15, 0.2) is 0 Å². The van der Waals surface area contributed by atoms with Crippen LogP contribution >= 0.6 is 0 Å². The van der Waals surface area contributed by atoms with E-state index in [-0.39, 0.29) is 19.8 Å². The Morgan fingerprint density at radius 1 is 0.684 bits per heavy atom. The fourth-order valence-electron chi connectivity index (χ4n) is 0.991. The smallest absolute Gasteiger partial charge is 0.267 e. The van der Waals surface area contributed by atoms with E-state index in [2.05, 4.69) is 0 Å². The Morgan fingerprint density at radius 3 is 1.42 bits per heavy atom. The quantitative estimate of drug-likeness (QED) is 0.308. The monoisotopic (exact) mass is 302 g/mol. The average Bonchev–Trinajstić information content (AvgIpc) is 2.34. The molecule has 0 aliphatic rings. The first kappa shape index (κ1) is 18.7. The minimum absolute atomic E-state index is 0.000688. The predicted octanol–water partition coefficient (Wildman–Crippen LogP) is -1.07. The first-order chi connectivity index (χ1) is 9.06. The molecule has 0 aromatic heterocycles. The van der Waals surface area contributed by atoms with E-state index in [0.717, 1.165) is 0 Å². The Labute approximate surface area is 113 Å². The predicted molar refractivity (Wildman–Crippen MR) is 66.8 cm³/mol. The molecule has 0 atom stereocenters. The van der Waals surface area contributed by atoms with Crippen molar-refractivity contribution in [1.29, 1.82) is 0 Å². The van der Waals surface area contributed by atoms with Crippen LogP contribution in [0.5, 0.6) is 0 Å². The second kappa shape index (κ2) is 12.7. The van der Waals surface area contributed by atoms with Crippen molar-refractivity contribution in [3.63, 3.8) is 0 Å². The zero-order valence-electron chi connectivity index (χ0n) is 10.8. The highest BCUT2D eigenvalue weighted by atomic mass is 32.2. The van der Waals surface area contributed by atoms with E-state index >= 15 is 0 Å². The molecule has 0 fully saturated rings. The lowest BCUT2D eigenvalue weighted by atomic mass is 10.7. The number of aliphatic hydroxyl groups excluding tert-OH is 1. The molecule has 0 heterocycles. The maximum absolute atomic E-state index is 10.3. The van der Waals surface area contributed by atoms with Gasteiger partial charge in [0, 0.05) is 0 Å². The molecule has 0 saturated heterocycles. The fourth-order valence-corrected chi connectivity index (χ4v) is 1.32. The highest BCUT2D eigenvalue weighted by molar-refractivity contribution is 7.85. The van der Waals surface area contributed by atoms with E-state index in [1.807, 2.05) is 0 Å². The Balaban J connectivity index is 3.03. The first-order valence-corrected chi connectivity index (χ1v) is 7.54. The van der Waals surface area contributed by atoms with Crippen LogP contribution in [0.3, 0.4) is 0 Å². The Morgan fingerprint density at radius 2 is 1.05 bits per heavy atom. The molecule has 0 rings (SSSR count). The van der Waals surface area contributed by atoms with Gasteiger partial charge in [-0.2, -0.15) is 8.42 Å². The van der Waals surface area contributed by atoms with E-state index in [4.69, 9.17) is 28.6 Å². The van der Waals surface area contributed by atoms with Crippen molar-refractivity contribution in [3.8, 4) is 0 Å². The molecule has 0 saturated carbocycles. The van der Waals surface area contributed by atoms with Gasteiger partial charge >= 0.3 is 0 Å². The lowest BCUT2D eigenvalue weighted by Crippen LogP contribution is -2.15. The van der Waals surface area contributed by atoms with Crippen molar-refractivity contribution in [1.82, 2.24) is 0 Å². The highest BCUT2D eigenvalue weighted by Gasteiger charge is 2.02. The molecular weight excluding hydrogens is 280 g/mol. The van der Waals surface area contributed by atoms with Crippen LogP contribution < -0.4 is 0 Å². The summed E-state index contributed by atoms with van der Waals surface area (Å²) in [5, 5.41) is 8.43. The van der Waals surface area contributed by atoms with E-state index in [1.54, 1.807) is 0 Å². The summed E-state index contributed by atoms with van der Waals surface area (Å²) in [6.45, 7) is 2.54. The van der Waals surface area contributed by atoms with Crippen LogP contribution in [0.15, 0.2) is 0 Å². The van der Waals surface area contributed by atoms with E-state index in [1.165, 1.54) is 0 Å². The van der Waals surface area contributed by atoms with Crippen molar-refractivity contribution in [2.24, 2.45) is 0 Å². The molecule has 9 heteroatoms. The van der Waals surface area contributed by atoms with E-state index < -0.39 is 15.9 Å².